The zero-order valence-electron chi connectivity index (χ0n) is 14.3. The van der Waals surface area contributed by atoms with Gasteiger partial charge < -0.3 is 10.1 Å². The van der Waals surface area contributed by atoms with Crippen molar-refractivity contribution in [3.8, 4) is 0 Å². The Morgan fingerprint density at radius 2 is 1.72 bits per heavy atom. The molecule has 2 fully saturated rings. The Kier molecular flexibility index (Phi) is 4.81. The van der Waals surface area contributed by atoms with E-state index in [1.54, 1.807) is 0 Å². The molecule has 2 aliphatic heterocycles. The molecule has 130 valence electrons. The fraction of sp³-hybridized carbons (Fsp3) is 0.381. The van der Waals surface area contributed by atoms with E-state index < -0.39 is 0 Å². The molecule has 2 aromatic carbocycles. The number of carbonyl (C=O) groups excluding carboxylic acids is 1. The molecular formula is C21H24N2O2. The highest BCUT2D eigenvalue weighted by molar-refractivity contribution is 5.94. The minimum Gasteiger partial charge on any atom is -0.355 e. The normalized spacial score (nSPS) is 26.6. The van der Waals surface area contributed by atoms with Gasteiger partial charge in [-0.25, -0.2) is 0 Å². The van der Waals surface area contributed by atoms with Crippen LogP contribution in [0.3, 0.4) is 0 Å². The van der Waals surface area contributed by atoms with Crippen molar-refractivity contribution in [3.63, 3.8) is 0 Å². The quantitative estimate of drug-likeness (QED) is 0.934. The number of morpholine rings is 1. The van der Waals surface area contributed by atoms with Gasteiger partial charge >= 0.3 is 0 Å². The van der Waals surface area contributed by atoms with Crippen LogP contribution in [-0.4, -0.2) is 36.2 Å². The molecule has 0 aromatic heterocycles. The first-order valence-electron chi connectivity index (χ1n) is 9.11. The van der Waals surface area contributed by atoms with Crippen LogP contribution in [-0.2, 0) is 4.74 Å². The maximum absolute atomic E-state index is 12.5. The fourth-order valence-corrected chi connectivity index (χ4v) is 4.00. The zero-order chi connectivity index (χ0) is 17.1. The minimum atomic E-state index is -0.243. The Hall–Kier alpha value is -2.17. The van der Waals surface area contributed by atoms with Gasteiger partial charge in [0.15, 0.2) is 0 Å². The van der Waals surface area contributed by atoms with Gasteiger partial charge in [-0.1, -0.05) is 55.0 Å². The second-order valence-corrected chi connectivity index (χ2v) is 6.82. The summed E-state index contributed by atoms with van der Waals surface area (Å²) in [7, 11) is 0. The lowest BCUT2D eigenvalue weighted by molar-refractivity contribution is -0.125. The maximum Gasteiger partial charge on any atom is 0.253 e. The van der Waals surface area contributed by atoms with Gasteiger partial charge in [0, 0.05) is 5.56 Å². The van der Waals surface area contributed by atoms with Crippen molar-refractivity contribution < 1.29 is 9.53 Å². The van der Waals surface area contributed by atoms with Crippen molar-refractivity contribution in [2.75, 3.05) is 13.2 Å². The Bertz CT molecular complexity index is 704. The molecule has 2 aliphatic rings. The monoisotopic (exact) mass is 336 g/mol. The summed E-state index contributed by atoms with van der Waals surface area (Å²) in [6.45, 7) is 1.67. The smallest absolute Gasteiger partial charge is 0.253 e. The highest BCUT2D eigenvalue weighted by atomic mass is 16.5. The molecule has 2 aromatic rings. The van der Waals surface area contributed by atoms with Gasteiger partial charge in [0.1, 0.15) is 6.23 Å². The summed E-state index contributed by atoms with van der Waals surface area (Å²) in [5.41, 5.74) is 1.97. The third kappa shape index (κ3) is 3.46. The van der Waals surface area contributed by atoms with Crippen molar-refractivity contribution in [2.45, 2.75) is 37.6 Å². The van der Waals surface area contributed by atoms with Crippen molar-refractivity contribution in [1.29, 1.82) is 0 Å². The first-order chi connectivity index (χ1) is 12.3. The summed E-state index contributed by atoms with van der Waals surface area (Å²) < 4.78 is 6.13. The molecular weight excluding hydrogens is 312 g/mol. The van der Waals surface area contributed by atoms with E-state index in [1.807, 2.05) is 36.4 Å². The molecule has 2 heterocycles. The number of piperidine rings is 1. The fourth-order valence-electron chi connectivity index (χ4n) is 4.00. The zero-order valence-corrected chi connectivity index (χ0v) is 14.3. The van der Waals surface area contributed by atoms with E-state index in [1.165, 1.54) is 18.4 Å². The van der Waals surface area contributed by atoms with Gasteiger partial charge in [-0.3, -0.25) is 9.69 Å². The summed E-state index contributed by atoms with van der Waals surface area (Å²) in [4.78, 5) is 15.1. The van der Waals surface area contributed by atoms with E-state index in [-0.39, 0.29) is 24.2 Å². The molecule has 0 spiro atoms. The van der Waals surface area contributed by atoms with Crippen LogP contribution in [0.5, 0.6) is 0 Å². The Labute approximate surface area is 148 Å². The SMILES string of the molecule is O=C(N[C@@H]1OC[C@@H](c2ccccc2)N2CCCC[C@@H]12)c1ccccc1. The van der Waals surface area contributed by atoms with Crippen LogP contribution in [0.4, 0.5) is 0 Å². The Balaban J connectivity index is 1.51. The predicted octanol–water partition coefficient (Wildman–Crippen LogP) is 3.37. The van der Waals surface area contributed by atoms with E-state index in [4.69, 9.17) is 4.74 Å². The molecule has 1 amide bonds. The molecule has 3 atom stereocenters. The molecule has 4 heteroatoms. The molecule has 25 heavy (non-hydrogen) atoms. The molecule has 1 N–H and O–H groups in total. The summed E-state index contributed by atoms with van der Waals surface area (Å²) in [6, 6.07) is 20.4. The van der Waals surface area contributed by atoms with Crippen LogP contribution in [0, 0.1) is 0 Å². The van der Waals surface area contributed by atoms with Crippen molar-refractivity contribution in [3.05, 3.63) is 71.8 Å². The highest BCUT2D eigenvalue weighted by Crippen LogP contribution is 2.34. The van der Waals surface area contributed by atoms with Crippen LogP contribution < -0.4 is 5.32 Å². The number of nitrogens with zero attached hydrogens (tertiary/aromatic N) is 1. The lowest BCUT2D eigenvalue weighted by Crippen LogP contribution is -2.60. The summed E-state index contributed by atoms with van der Waals surface area (Å²) >= 11 is 0. The van der Waals surface area contributed by atoms with E-state index in [0.717, 1.165) is 13.0 Å². The van der Waals surface area contributed by atoms with Crippen molar-refractivity contribution in [1.82, 2.24) is 10.2 Å². The third-order valence-electron chi connectivity index (χ3n) is 5.27. The van der Waals surface area contributed by atoms with E-state index in [2.05, 4.69) is 34.5 Å². The van der Waals surface area contributed by atoms with Crippen molar-refractivity contribution >= 4 is 5.91 Å². The topological polar surface area (TPSA) is 41.6 Å². The number of nitrogens with one attached hydrogen (secondary N) is 1. The summed E-state index contributed by atoms with van der Waals surface area (Å²) in [6.07, 6.45) is 3.21. The Morgan fingerprint density at radius 1 is 1.00 bits per heavy atom. The van der Waals surface area contributed by atoms with Gasteiger partial charge in [0.25, 0.3) is 5.91 Å². The Morgan fingerprint density at radius 3 is 2.48 bits per heavy atom. The van der Waals surface area contributed by atoms with E-state index in [9.17, 15) is 4.79 Å². The van der Waals surface area contributed by atoms with Gasteiger partial charge in [-0.2, -0.15) is 0 Å². The van der Waals surface area contributed by atoms with Crippen LogP contribution in [0.1, 0.15) is 41.2 Å². The minimum absolute atomic E-state index is 0.0608. The largest absolute Gasteiger partial charge is 0.355 e. The number of hydrogen-bond donors (Lipinski definition) is 1. The lowest BCUT2D eigenvalue weighted by Gasteiger charge is -2.48. The number of fused-ring (bicyclic) bond motifs is 1. The highest BCUT2D eigenvalue weighted by Gasteiger charge is 2.40. The number of benzene rings is 2. The molecule has 4 rings (SSSR count). The second kappa shape index (κ2) is 7.38. The van der Waals surface area contributed by atoms with E-state index in [0.29, 0.717) is 12.2 Å². The predicted molar refractivity (Wildman–Crippen MR) is 97.2 cm³/mol. The van der Waals surface area contributed by atoms with Crippen LogP contribution in [0.15, 0.2) is 60.7 Å². The first-order valence-corrected chi connectivity index (χ1v) is 9.11. The average molecular weight is 336 g/mol. The molecule has 0 aliphatic carbocycles. The van der Waals surface area contributed by atoms with Gasteiger partial charge in [0.05, 0.1) is 18.7 Å². The van der Waals surface area contributed by atoms with Crippen molar-refractivity contribution in [2.24, 2.45) is 0 Å². The van der Waals surface area contributed by atoms with Crippen LogP contribution in [0.2, 0.25) is 0 Å². The molecule has 0 radical (unpaired) electrons. The summed E-state index contributed by atoms with van der Waals surface area (Å²) in [5, 5.41) is 3.10. The van der Waals surface area contributed by atoms with Crippen LogP contribution in [0.25, 0.3) is 0 Å². The average Bonchev–Trinajstić information content (AvgIpc) is 2.69. The van der Waals surface area contributed by atoms with E-state index >= 15 is 0 Å². The molecule has 0 saturated carbocycles. The number of rotatable bonds is 3. The van der Waals surface area contributed by atoms with Crippen LogP contribution >= 0.6 is 0 Å². The molecule has 0 unspecified atom stereocenters. The number of amides is 1. The first kappa shape index (κ1) is 16.3. The molecule has 4 nitrogen and oxygen atoms in total. The maximum atomic E-state index is 12.5. The molecule has 2 saturated heterocycles. The standard InChI is InChI=1S/C21H24N2O2/c24-20(17-11-5-2-6-12-17)22-21-18-13-7-8-14-23(18)19(15-25-21)16-9-3-1-4-10-16/h1-6,9-12,18-19,21H,7-8,13-15H2,(H,22,24)/t18-,19-,21+/m0/s1. The van der Waals surface area contributed by atoms with Gasteiger partial charge in [0.2, 0.25) is 0 Å². The number of hydrogen-bond acceptors (Lipinski definition) is 3. The number of ether oxygens (including phenoxy) is 1. The number of carbonyl (C=O) groups is 1. The second-order valence-electron chi connectivity index (χ2n) is 6.82. The molecule has 0 bridgehead atoms. The summed E-state index contributed by atoms with van der Waals surface area (Å²) in [5.74, 6) is -0.0608. The third-order valence-corrected chi connectivity index (χ3v) is 5.27. The van der Waals surface area contributed by atoms with Gasteiger partial charge in [-0.15, -0.1) is 0 Å². The van der Waals surface area contributed by atoms with Gasteiger partial charge in [-0.05, 0) is 37.1 Å². The lowest BCUT2D eigenvalue weighted by atomic mass is 9.93.